The van der Waals surface area contributed by atoms with E-state index in [1.807, 2.05) is 61.1 Å². The van der Waals surface area contributed by atoms with Gasteiger partial charge in [0.15, 0.2) is 0 Å². The lowest BCUT2D eigenvalue weighted by Gasteiger charge is -2.18. The van der Waals surface area contributed by atoms with Crippen molar-refractivity contribution in [2.45, 2.75) is 25.4 Å². The minimum absolute atomic E-state index is 0.0410. The Hall–Kier alpha value is -2.53. The van der Waals surface area contributed by atoms with Crippen LogP contribution in [-0.2, 0) is 17.9 Å². The zero-order valence-corrected chi connectivity index (χ0v) is 14.6. The van der Waals surface area contributed by atoms with E-state index in [9.17, 15) is 4.79 Å². The molecule has 0 saturated heterocycles. The maximum Gasteiger partial charge on any atom is 0.220 e. The van der Waals surface area contributed by atoms with Crippen LogP contribution in [0.1, 0.15) is 17.9 Å². The van der Waals surface area contributed by atoms with Crippen LogP contribution in [0.3, 0.4) is 0 Å². The van der Waals surface area contributed by atoms with Crippen LogP contribution in [0, 0.1) is 0 Å². The van der Waals surface area contributed by atoms with E-state index in [-0.39, 0.29) is 11.8 Å². The van der Waals surface area contributed by atoms with E-state index in [4.69, 9.17) is 11.6 Å². The Morgan fingerprint density at radius 1 is 1.12 bits per heavy atom. The van der Waals surface area contributed by atoms with Crippen molar-refractivity contribution >= 4 is 17.5 Å². The van der Waals surface area contributed by atoms with Gasteiger partial charge in [-0.3, -0.25) is 9.48 Å². The number of benzene rings is 1. The van der Waals surface area contributed by atoms with Crippen molar-refractivity contribution < 1.29 is 4.79 Å². The number of hydrogen-bond donors (Lipinski definition) is 1. The average Bonchev–Trinajstić information content (AvgIpc) is 3.29. The van der Waals surface area contributed by atoms with Crippen molar-refractivity contribution in [1.82, 2.24) is 19.7 Å². The van der Waals surface area contributed by atoms with Crippen LogP contribution >= 0.6 is 11.6 Å². The predicted molar refractivity (Wildman–Crippen MR) is 98.5 cm³/mol. The second kappa shape index (κ2) is 8.53. The van der Waals surface area contributed by atoms with Gasteiger partial charge in [-0.1, -0.05) is 23.7 Å². The largest absolute Gasteiger partial charge is 0.354 e. The lowest BCUT2D eigenvalue weighted by atomic mass is 9.95. The van der Waals surface area contributed by atoms with Crippen LogP contribution < -0.4 is 5.32 Å². The minimum Gasteiger partial charge on any atom is -0.354 e. The van der Waals surface area contributed by atoms with Gasteiger partial charge in [-0.05, 0) is 35.9 Å². The number of nitrogens with one attached hydrogen (secondary N) is 1. The van der Waals surface area contributed by atoms with Crippen molar-refractivity contribution in [2.24, 2.45) is 0 Å². The van der Waals surface area contributed by atoms with Crippen LogP contribution in [0.5, 0.6) is 0 Å². The molecule has 6 heteroatoms. The summed E-state index contributed by atoms with van der Waals surface area (Å²) in [5.41, 5.74) is 1.11. The number of hydrogen-bond acceptors (Lipinski definition) is 2. The van der Waals surface area contributed by atoms with Gasteiger partial charge in [-0.2, -0.15) is 5.10 Å². The molecule has 3 rings (SSSR count). The zero-order valence-electron chi connectivity index (χ0n) is 13.9. The van der Waals surface area contributed by atoms with Crippen molar-refractivity contribution in [2.75, 3.05) is 6.54 Å². The molecule has 1 amide bonds. The number of amides is 1. The monoisotopic (exact) mass is 356 g/mol. The minimum atomic E-state index is 0.0410. The van der Waals surface area contributed by atoms with E-state index in [1.54, 1.807) is 10.9 Å². The highest BCUT2D eigenvalue weighted by Gasteiger charge is 2.16. The first-order valence-electron chi connectivity index (χ1n) is 8.31. The number of carbonyl (C=O) groups is 1. The summed E-state index contributed by atoms with van der Waals surface area (Å²) in [5.74, 6) is 0.133. The van der Waals surface area contributed by atoms with Gasteiger partial charge in [-0.25, -0.2) is 0 Å². The van der Waals surface area contributed by atoms with Crippen LogP contribution in [0.25, 0.3) is 0 Å². The van der Waals surface area contributed by atoms with Gasteiger partial charge in [0.25, 0.3) is 0 Å². The van der Waals surface area contributed by atoms with Crippen LogP contribution in [-0.4, -0.2) is 26.8 Å². The second-order valence-corrected chi connectivity index (χ2v) is 6.39. The van der Waals surface area contributed by atoms with Gasteiger partial charge in [0.1, 0.15) is 0 Å². The quantitative estimate of drug-likeness (QED) is 0.673. The lowest BCUT2D eigenvalue weighted by molar-refractivity contribution is -0.121. The summed E-state index contributed by atoms with van der Waals surface area (Å²) in [6.07, 6.45) is 8.07. The molecule has 25 heavy (non-hydrogen) atoms. The molecule has 0 aliphatic rings. The molecule has 1 atom stereocenters. The van der Waals surface area contributed by atoms with Crippen molar-refractivity contribution in [3.8, 4) is 0 Å². The lowest BCUT2D eigenvalue weighted by Crippen LogP contribution is -2.29. The number of carbonyl (C=O) groups excluding carboxylic acids is 1. The Morgan fingerprint density at radius 2 is 1.88 bits per heavy atom. The van der Waals surface area contributed by atoms with Gasteiger partial charge in [0.05, 0.1) is 6.54 Å². The third-order valence-electron chi connectivity index (χ3n) is 4.09. The summed E-state index contributed by atoms with van der Waals surface area (Å²) in [4.78, 5) is 12.4. The molecule has 3 aromatic rings. The fourth-order valence-electron chi connectivity index (χ4n) is 2.81. The Bertz CT molecular complexity index is 766. The fraction of sp³-hybridized carbons (Fsp3) is 0.263. The first-order chi connectivity index (χ1) is 12.2. The number of halogens is 1. The molecular weight excluding hydrogens is 336 g/mol. The molecule has 0 radical (unpaired) electrons. The van der Waals surface area contributed by atoms with Crippen LogP contribution in [0.4, 0.5) is 0 Å². The first-order valence-corrected chi connectivity index (χ1v) is 8.69. The Balaban J connectivity index is 1.60. The number of rotatable bonds is 8. The summed E-state index contributed by atoms with van der Waals surface area (Å²) < 4.78 is 3.90. The van der Waals surface area contributed by atoms with Gasteiger partial charge >= 0.3 is 0 Å². The first kappa shape index (κ1) is 17.3. The van der Waals surface area contributed by atoms with Crippen molar-refractivity contribution in [3.63, 3.8) is 0 Å². The zero-order chi connectivity index (χ0) is 17.5. The molecule has 0 bridgehead atoms. The van der Waals surface area contributed by atoms with Gasteiger partial charge < -0.3 is 9.88 Å². The van der Waals surface area contributed by atoms with E-state index in [1.165, 1.54) is 0 Å². The third kappa shape index (κ3) is 5.22. The Kier molecular flexibility index (Phi) is 5.90. The molecule has 0 saturated carbocycles. The molecule has 0 aliphatic heterocycles. The summed E-state index contributed by atoms with van der Waals surface area (Å²) >= 11 is 5.99. The highest BCUT2D eigenvalue weighted by atomic mass is 35.5. The van der Waals surface area contributed by atoms with Gasteiger partial charge in [-0.15, -0.1) is 0 Å². The normalized spacial score (nSPS) is 12.0. The SMILES string of the molecule is O=C(C[C@@H](Cn1cccc1)c1ccc(Cl)cc1)NCCn1cccn1. The molecule has 0 aliphatic carbocycles. The number of aromatic nitrogens is 3. The van der Waals surface area contributed by atoms with E-state index >= 15 is 0 Å². The fourth-order valence-corrected chi connectivity index (χ4v) is 2.93. The molecule has 2 aromatic heterocycles. The number of nitrogens with zero attached hydrogens (tertiary/aromatic N) is 3. The van der Waals surface area contributed by atoms with Crippen LogP contribution in [0.15, 0.2) is 67.3 Å². The molecule has 0 spiro atoms. The standard InChI is InChI=1S/C19H21ClN4O/c20-18-6-4-16(5-7-18)17(15-23-10-1-2-11-23)14-19(25)21-9-13-24-12-3-8-22-24/h1-8,10-12,17H,9,13-15H2,(H,21,25)/t17-/m0/s1. The average molecular weight is 357 g/mol. The maximum absolute atomic E-state index is 12.4. The van der Waals surface area contributed by atoms with E-state index in [2.05, 4.69) is 15.0 Å². The highest BCUT2D eigenvalue weighted by molar-refractivity contribution is 6.30. The topological polar surface area (TPSA) is 51.9 Å². The predicted octanol–water partition coefficient (Wildman–Crippen LogP) is 3.33. The maximum atomic E-state index is 12.4. The van der Waals surface area contributed by atoms with E-state index < -0.39 is 0 Å². The molecule has 1 aromatic carbocycles. The highest BCUT2D eigenvalue weighted by Crippen LogP contribution is 2.23. The van der Waals surface area contributed by atoms with Gasteiger partial charge in [0, 0.05) is 55.2 Å². The molecule has 5 nitrogen and oxygen atoms in total. The molecule has 2 heterocycles. The summed E-state index contributed by atoms with van der Waals surface area (Å²) in [6, 6.07) is 13.6. The summed E-state index contributed by atoms with van der Waals surface area (Å²) in [5, 5.41) is 7.81. The van der Waals surface area contributed by atoms with Crippen molar-refractivity contribution in [1.29, 1.82) is 0 Å². The molecule has 0 unspecified atom stereocenters. The molecular formula is C19H21ClN4O. The van der Waals surface area contributed by atoms with Gasteiger partial charge in [0.2, 0.25) is 5.91 Å². The van der Waals surface area contributed by atoms with E-state index in [0.29, 0.717) is 24.5 Å². The molecule has 0 fully saturated rings. The Morgan fingerprint density at radius 3 is 2.56 bits per heavy atom. The Labute approximate surface area is 152 Å². The summed E-state index contributed by atoms with van der Waals surface area (Å²) in [6.45, 7) is 1.99. The third-order valence-corrected chi connectivity index (χ3v) is 4.34. The summed E-state index contributed by atoms with van der Waals surface area (Å²) in [7, 11) is 0. The smallest absolute Gasteiger partial charge is 0.220 e. The molecule has 130 valence electrons. The van der Waals surface area contributed by atoms with Crippen molar-refractivity contribution in [3.05, 3.63) is 77.8 Å². The second-order valence-electron chi connectivity index (χ2n) is 5.95. The van der Waals surface area contributed by atoms with E-state index in [0.717, 1.165) is 12.1 Å². The molecule has 1 N–H and O–H groups in total. The van der Waals surface area contributed by atoms with Crippen LogP contribution in [0.2, 0.25) is 5.02 Å².